The van der Waals surface area contributed by atoms with Gasteiger partial charge in [0.25, 0.3) is 0 Å². The van der Waals surface area contributed by atoms with Crippen molar-refractivity contribution < 1.29 is 21.7 Å². The minimum atomic E-state index is -3.60. The molecule has 1 saturated carbocycles. The smallest absolute Gasteiger partial charge is 0.243 e. The highest BCUT2D eigenvalue weighted by molar-refractivity contribution is 7.89. The van der Waals surface area contributed by atoms with Crippen molar-refractivity contribution in [3.8, 4) is 0 Å². The topological polar surface area (TPSA) is 79.2 Å². The van der Waals surface area contributed by atoms with E-state index in [1.165, 1.54) is 60.7 Å². The molecule has 9 heteroatoms. The molecule has 1 aromatic rings. The summed E-state index contributed by atoms with van der Waals surface area (Å²) in [6.45, 7) is 3.84. The van der Waals surface area contributed by atoms with E-state index < -0.39 is 20.0 Å². The lowest BCUT2D eigenvalue weighted by molar-refractivity contribution is -0.930. The van der Waals surface area contributed by atoms with E-state index in [0.29, 0.717) is 32.2 Å². The largest absolute Gasteiger partial charge is 0.330 e. The van der Waals surface area contributed by atoms with Crippen LogP contribution in [0.1, 0.15) is 57.8 Å². The van der Waals surface area contributed by atoms with Crippen LogP contribution < -0.4 is 4.90 Å². The third-order valence-electron chi connectivity index (χ3n) is 7.21. The SMILES string of the molecule is O=S(=O)(c1ccc(S(=O)(=O)N2CC[NH+](C3CCCCC3)CC2)cc1)N1CCCCCC1. The van der Waals surface area contributed by atoms with Gasteiger partial charge in [-0.2, -0.15) is 8.61 Å². The van der Waals surface area contributed by atoms with E-state index in [4.69, 9.17) is 0 Å². The molecular formula is C22H36N3O4S2+. The lowest BCUT2D eigenvalue weighted by Crippen LogP contribution is -3.18. The number of rotatable bonds is 5. The van der Waals surface area contributed by atoms with Gasteiger partial charge in [-0.15, -0.1) is 0 Å². The predicted molar refractivity (Wildman–Crippen MR) is 120 cm³/mol. The third-order valence-corrected chi connectivity index (χ3v) is 11.0. The fourth-order valence-electron chi connectivity index (χ4n) is 5.30. The second-order valence-corrected chi connectivity index (χ2v) is 13.1. The van der Waals surface area contributed by atoms with Crippen LogP contribution >= 0.6 is 0 Å². The molecule has 2 saturated heterocycles. The summed E-state index contributed by atoms with van der Waals surface area (Å²) in [7, 11) is -7.17. The van der Waals surface area contributed by atoms with Crippen LogP contribution in [0.15, 0.2) is 34.1 Å². The fraction of sp³-hybridized carbons (Fsp3) is 0.727. The van der Waals surface area contributed by atoms with Crippen molar-refractivity contribution in [2.24, 2.45) is 0 Å². The van der Waals surface area contributed by atoms with Crippen molar-refractivity contribution in [1.82, 2.24) is 8.61 Å². The van der Waals surface area contributed by atoms with E-state index >= 15 is 0 Å². The van der Waals surface area contributed by atoms with Gasteiger partial charge in [0.05, 0.1) is 42.0 Å². The summed E-state index contributed by atoms with van der Waals surface area (Å²) in [5, 5.41) is 0. The van der Waals surface area contributed by atoms with Crippen molar-refractivity contribution in [1.29, 1.82) is 0 Å². The van der Waals surface area contributed by atoms with Gasteiger partial charge in [0, 0.05) is 13.1 Å². The molecule has 0 atom stereocenters. The molecule has 3 fully saturated rings. The highest BCUT2D eigenvalue weighted by atomic mass is 32.2. The molecule has 4 rings (SSSR count). The average Bonchev–Trinajstić information content (AvgIpc) is 3.10. The van der Waals surface area contributed by atoms with Crippen molar-refractivity contribution in [3.63, 3.8) is 0 Å². The second-order valence-electron chi connectivity index (χ2n) is 9.19. The molecule has 3 aliphatic rings. The van der Waals surface area contributed by atoms with Gasteiger partial charge >= 0.3 is 0 Å². The van der Waals surface area contributed by atoms with Crippen LogP contribution in [-0.4, -0.2) is 70.8 Å². The maximum absolute atomic E-state index is 13.1. The first-order chi connectivity index (χ1) is 14.9. The van der Waals surface area contributed by atoms with Gasteiger partial charge in [0.1, 0.15) is 0 Å². The molecule has 2 aliphatic heterocycles. The molecule has 174 valence electrons. The zero-order valence-electron chi connectivity index (χ0n) is 18.3. The maximum atomic E-state index is 13.1. The lowest BCUT2D eigenvalue weighted by Gasteiger charge is -2.37. The average molecular weight is 471 g/mol. The molecule has 0 spiro atoms. The monoisotopic (exact) mass is 470 g/mol. The van der Waals surface area contributed by atoms with Crippen LogP contribution in [0.2, 0.25) is 0 Å². The molecule has 1 N–H and O–H groups in total. The predicted octanol–water partition coefficient (Wildman–Crippen LogP) is 1.47. The number of quaternary nitrogens is 1. The zero-order valence-corrected chi connectivity index (χ0v) is 20.0. The van der Waals surface area contributed by atoms with Gasteiger partial charge in [-0.05, 0) is 62.8 Å². The Kier molecular flexibility index (Phi) is 7.37. The summed E-state index contributed by atoms with van der Waals surface area (Å²) >= 11 is 0. The molecule has 0 aromatic heterocycles. The second kappa shape index (κ2) is 9.87. The van der Waals surface area contributed by atoms with E-state index in [-0.39, 0.29) is 9.79 Å². The van der Waals surface area contributed by atoms with Gasteiger partial charge < -0.3 is 4.90 Å². The summed E-state index contributed by atoms with van der Waals surface area (Å²) in [5.41, 5.74) is 0. The Morgan fingerprint density at radius 2 is 1.03 bits per heavy atom. The first kappa shape index (κ1) is 23.2. The summed E-state index contributed by atoms with van der Waals surface area (Å²) in [5.74, 6) is 0. The number of benzene rings is 1. The Bertz CT molecular complexity index is 925. The molecule has 1 aromatic carbocycles. The van der Waals surface area contributed by atoms with Gasteiger partial charge in [-0.25, -0.2) is 16.8 Å². The minimum absolute atomic E-state index is 0.180. The Morgan fingerprint density at radius 1 is 0.613 bits per heavy atom. The number of sulfonamides is 2. The third kappa shape index (κ3) is 5.16. The van der Waals surface area contributed by atoms with Crippen LogP contribution in [-0.2, 0) is 20.0 Å². The molecule has 7 nitrogen and oxygen atoms in total. The molecule has 0 bridgehead atoms. The summed E-state index contributed by atoms with van der Waals surface area (Å²) < 4.78 is 55.3. The molecule has 2 heterocycles. The molecule has 0 unspecified atom stereocenters. The normalized spacial score (nSPS) is 24.1. The summed E-state index contributed by atoms with van der Waals surface area (Å²) in [4.78, 5) is 1.91. The zero-order chi connectivity index (χ0) is 21.9. The van der Waals surface area contributed by atoms with Crippen LogP contribution in [0.4, 0.5) is 0 Å². The summed E-state index contributed by atoms with van der Waals surface area (Å²) in [6.07, 6.45) is 10.3. The highest BCUT2D eigenvalue weighted by Crippen LogP contribution is 2.23. The quantitative estimate of drug-likeness (QED) is 0.707. The molecule has 31 heavy (non-hydrogen) atoms. The van der Waals surface area contributed by atoms with Crippen LogP contribution in [0, 0.1) is 0 Å². The Balaban J connectivity index is 1.42. The van der Waals surface area contributed by atoms with Crippen molar-refractivity contribution in [3.05, 3.63) is 24.3 Å². The van der Waals surface area contributed by atoms with Gasteiger partial charge in [-0.3, -0.25) is 0 Å². The molecule has 1 aliphatic carbocycles. The van der Waals surface area contributed by atoms with Crippen molar-refractivity contribution in [2.75, 3.05) is 39.3 Å². The number of nitrogens with one attached hydrogen (secondary N) is 1. The van der Waals surface area contributed by atoms with Crippen LogP contribution in [0.25, 0.3) is 0 Å². The van der Waals surface area contributed by atoms with Crippen molar-refractivity contribution in [2.45, 2.75) is 73.6 Å². The maximum Gasteiger partial charge on any atom is 0.243 e. The number of nitrogens with zero attached hydrogens (tertiary/aromatic N) is 2. The number of hydrogen-bond acceptors (Lipinski definition) is 4. The van der Waals surface area contributed by atoms with E-state index in [2.05, 4.69) is 0 Å². The highest BCUT2D eigenvalue weighted by Gasteiger charge is 2.34. The molecule has 0 radical (unpaired) electrons. The van der Waals surface area contributed by atoms with Crippen LogP contribution in [0.3, 0.4) is 0 Å². The van der Waals surface area contributed by atoms with Gasteiger partial charge in [0.2, 0.25) is 20.0 Å². The Hall–Kier alpha value is -1.00. The Morgan fingerprint density at radius 3 is 1.52 bits per heavy atom. The lowest BCUT2D eigenvalue weighted by atomic mass is 9.94. The van der Waals surface area contributed by atoms with E-state index in [9.17, 15) is 16.8 Å². The fourth-order valence-corrected chi connectivity index (χ4v) is 8.26. The van der Waals surface area contributed by atoms with Gasteiger partial charge in [0.15, 0.2) is 0 Å². The van der Waals surface area contributed by atoms with E-state index in [1.54, 1.807) is 9.21 Å². The standard InChI is InChI=1S/C22H35N3O4S2/c26-30(27,24-14-6-1-2-7-15-24)21-10-12-22(13-11-21)31(28,29)25-18-16-23(17-19-25)20-8-4-3-5-9-20/h10-13,20H,1-9,14-19H2/p+1. The summed E-state index contributed by atoms with van der Waals surface area (Å²) in [6, 6.07) is 6.51. The Labute approximate surface area is 187 Å². The minimum Gasteiger partial charge on any atom is -0.330 e. The van der Waals surface area contributed by atoms with Crippen LogP contribution in [0.5, 0.6) is 0 Å². The first-order valence-electron chi connectivity index (χ1n) is 11.8. The van der Waals surface area contributed by atoms with E-state index in [1.807, 2.05) is 0 Å². The van der Waals surface area contributed by atoms with E-state index in [0.717, 1.165) is 38.8 Å². The number of piperazine rings is 1. The number of hydrogen-bond donors (Lipinski definition) is 1. The van der Waals surface area contributed by atoms with Gasteiger partial charge in [-0.1, -0.05) is 19.3 Å². The first-order valence-corrected chi connectivity index (χ1v) is 14.7. The molecular weight excluding hydrogens is 434 g/mol. The van der Waals surface area contributed by atoms with Crippen molar-refractivity contribution >= 4 is 20.0 Å². The molecule has 0 amide bonds.